The molecule has 3 fully saturated rings. The van der Waals surface area contributed by atoms with Crippen LogP contribution in [0.3, 0.4) is 0 Å². The highest BCUT2D eigenvalue weighted by atomic mass is 16.2. The number of rotatable bonds is 4. The molecule has 2 heterocycles. The number of hydrogen-bond donors (Lipinski definition) is 1. The molecular formula is C15H27N3O. The lowest BCUT2D eigenvalue weighted by Crippen LogP contribution is -2.50. The van der Waals surface area contributed by atoms with Crippen molar-refractivity contribution in [2.45, 2.75) is 63.6 Å². The molecule has 0 spiro atoms. The molecule has 0 radical (unpaired) electrons. The summed E-state index contributed by atoms with van der Waals surface area (Å²) in [4.78, 5) is 17.0. The maximum atomic E-state index is 12.4. The monoisotopic (exact) mass is 265 g/mol. The fourth-order valence-electron chi connectivity index (χ4n) is 3.51. The van der Waals surface area contributed by atoms with E-state index in [4.69, 9.17) is 0 Å². The first-order valence-electron chi connectivity index (χ1n) is 8.03. The SMILES string of the molecule is CC(NC1CCN(C2CC2)C1)C(=O)N1CCCCC1. The molecule has 108 valence electrons. The van der Waals surface area contributed by atoms with E-state index in [0.29, 0.717) is 11.9 Å². The van der Waals surface area contributed by atoms with Gasteiger partial charge in [0.1, 0.15) is 0 Å². The third-order valence-electron chi connectivity index (χ3n) is 4.81. The van der Waals surface area contributed by atoms with Gasteiger partial charge in [-0.05, 0) is 45.4 Å². The van der Waals surface area contributed by atoms with Gasteiger partial charge in [0.05, 0.1) is 6.04 Å². The van der Waals surface area contributed by atoms with Crippen LogP contribution < -0.4 is 5.32 Å². The highest BCUT2D eigenvalue weighted by Gasteiger charge is 2.35. The van der Waals surface area contributed by atoms with Crippen molar-refractivity contribution in [2.75, 3.05) is 26.2 Å². The predicted octanol–water partition coefficient (Wildman–Crippen LogP) is 1.21. The van der Waals surface area contributed by atoms with E-state index in [1.807, 2.05) is 6.92 Å². The summed E-state index contributed by atoms with van der Waals surface area (Å²) in [6.45, 7) is 6.32. The highest BCUT2D eigenvalue weighted by Crippen LogP contribution is 2.29. The average molecular weight is 265 g/mol. The van der Waals surface area contributed by atoms with Gasteiger partial charge >= 0.3 is 0 Å². The van der Waals surface area contributed by atoms with Crippen LogP contribution in [0.5, 0.6) is 0 Å². The summed E-state index contributed by atoms with van der Waals surface area (Å²) in [5.74, 6) is 0.310. The van der Waals surface area contributed by atoms with Crippen molar-refractivity contribution in [1.29, 1.82) is 0 Å². The molecule has 4 nitrogen and oxygen atoms in total. The fraction of sp³-hybridized carbons (Fsp3) is 0.933. The van der Waals surface area contributed by atoms with Crippen molar-refractivity contribution in [3.8, 4) is 0 Å². The zero-order valence-electron chi connectivity index (χ0n) is 12.1. The zero-order valence-corrected chi connectivity index (χ0v) is 12.1. The van der Waals surface area contributed by atoms with E-state index in [1.165, 1.54) is 45.1 Å². The number of piperidine rings is 1. The molecular weight excluding hydrogens is 238 g/mol. The molecule has 3 aliphatic rings. The largest absolute Gasteiger partial charge is 0.341 e. The predicted molar refractivity (Wildman–Crippen MR) is 76.0 cm³/mol. The second kappa shape index (κ2) is 5.80. The minimum atomic E-state index is -0.0118. The van der Waals surface area contributed by atoms with E-state index in [2.05, 4.69) is 15.1 Å². The number of carbonyl (C=O) groups excluding carboxylic acids is 1. The van der Waals surface area contributed by atoms with Crippen molar-refractivity contribution in [1.82, 2.24) is 15.1 Å². The van der Waals surface area contributed by atoms with Gasteiger partial charge in [-0.3, -0.25) is 9.69 Å². The molecule has 0 bridgehead atoms. The van der Waals surface area contributed by atoms with Crippen LogP contribution in [0.4, 0.5) is 0 Å². The second-order valence-electron chi connectivity index (χ2n) is 6.49. The normalized spacial score (nSPS) is 30.6. The van der Waals surface area contributed by atoms with Crippen molar-refractivity contribution in [2.24, 2.45) is 0 Å². The van der Waals surface area contributed by atoms with Gasteiger partial charge in [0.15, 0.2) is 0 Å². The van der Waals surface area contributed by atoms with Gasteiger partial charge in [-0.15, -0.1) is 0 Å². The Morgan fingerprint density at radius 2 is 1.84 bits per heavy atom. The lowest BCUT2D eigenvalue weighted by Gasteiger charge is -2.30. The minimum Gasteiger partial charge on any atom is -0.341 e. The minimum absolute atomic E-state index is 0.0118. The van der Waals surface area contributed by atoms with E-state index in [0.717, 1.165) is 25.7 Å². The fourth-order valence-corrected chi connectivity index (χ4v) is 3.51. The van der Waals surface area contributed by atoms with Gasteiger partial charge in [-0.1, -0.05) is 0 Å². The van der Waals surface area contributed by atoms with Crippen molar-refractivity contribution in [3.63, 3.8) is 0 Å². The van der Waals surface area contributed by atoms with Crippen LogP contribution in [-0.4, -0.2) is 60.0 Å². The molecule has 19 heavy (non-hydrogen) atoms. The van der Waals surface area contributed by atoms with Gasteiger partial charge in [-0.2, -0.15) is 0 Å². The Hall–Kier alpha value is -0.610. The molecule has 2 aliphatic heterocycles. The quantitative estimate of drug-likeness (QED) is 0.830. The van der Waals surface area contributed by atoms with E-state index >= 15 is 0 Å². The van der Waals surface area contributed by atoms with E-state index in [9.17, 15) is 4.79 Å². The first-order valence-corrected chi connectivity index (χ1v) is 8.03. The summed E-state index contributed by atoms with van der Waals surface area (Å²) >= 11 is 0. The topological polar surface area (TPSA) is 35.6 Å². The molecule has 0 aromatic heterocycles. The van der Waals surface area contributed by atoms with Gasteiger partial charge in [-0.25, -0.2) is 0 Å². The maximum absolute atomic E-state index is 12.4. The van der Waals surface area contributed by atoms with Gasteiger partial charge in [0.25, 0.3) is 0 Å². The third kappa shape index (κ3) is 3.29. The van der Waals surface area contributed by atoms with Crippen LogP contribution in [0.1, 0.15) is 45.4 Å². The van der Waals surface area contributed by atoms with Crippen LogP contribution in [-0.2, 0) is 4.79 Å². The number of carbonyl (C=O) groups is 1. The summed E-state index contributed by atoms with van der Waals surface area (Å²) in [6, 6.07) is 1.37. The van der Waals surface area contributed by atoms with E-state index in [-0.39, 0.29) is 6.04 Å². The van der Waals surface area contributed by atoms with Crippen LogP contribution in [0, 0.1) is 0 Å². The Labute approximate surface area is 116 Å². The Balaban J connectivity index is 1.44. The number of nitrogens with zero attached hydrogens (tertiary/aromatic N) is 2. The molecule has 1 amide bonds. The lowest BCUT2D eigenvalue weighted by atomic mass is 10.1. The van der Waals surface area contributed by atoms with Gasteiger partial charge in [0.2, 0.25) is 5.91 Å². The molecule has 1 saturated carbocycles. The number of likely N-dealkylation sites (tertiary alicyclic amines) is 2. The molecule has 3 rings (SSSR count). The smallest absolute Gasteiger partial charge is 0.239 e. The zero-order chi connectivity index (χ0) is 13.2. The summed E-state index contributed by atoms with van der Waals surface area (Å²) in [7, 11) is 0. The molecule has 1 aliphatic carbocycles. The number of nitrogens with one attached hydrogen (secondary N) is 1. The van der Waals surface area contributed by atoms with Crippen LogP contribution in [0.2, 0.25) is 0 Å². The molecule has 4 heteroatoms. The highest BCUT2D eigenvalue weighted by molar-refractivity contribution is 5.81. The molecule has 0 aromatic rings. The van der Waals surface area contributed by atoms with E-state index in [1.54, 1.807) is 0 Å². The third-order valence-corrected chi connectivity index (χ3v) is 4.81. The number of amides is 1. The molecule has 2 atom stereocenters. The van der Waals surface area contributed by atoms with Crippen molar-refractivity contribution < 1.29 is 4.79 Å². The number of hydrogen-bond acceptors (Lipinski definition) is 3. The lowest BCUT2D eigenvalue weighted by molar-refractivity contribution is -0.134. The average Bonchev–Trinajstić information content (AvgIpc) is 3.20. The first-order chi connectivity index (χ1) is 9.24. The summed E-state index contributed by atoms with van der Waals surface area (Å²) in [5.41, 5.74) is 0. The van der Waals surface area contributed by atoms with Gasteiger partial charge < -0.3 is 10.2 Å². The van der Waals surface area contributed by atoms with Crippen LogP contribution >= 0.6 is 0 Å². The summed E-state index contributed by atoms with van der Waals surface area (Å²) in [6.07, 6.45) is 7.61. The first kappa shape index (κ1) is 13.4. The van der Waals surface area contributed by atoms with Crippen LogP contribution in [0.15, 0.2) is 0 Å². The molecule has 0 aromatic carbocycles. The Morgan fingerprint density at radius 3 is 2.53 bits per heavy atom. The Kier molecular flexibility index (Phi) is 4.08. The standard InChI is InChI=1S/C15H27N3O/c1-12(15(19)17-8-3-2-4-9-17)16-13-7-10-18(11-13)14-5-6-14/h12-14,16H,2-11H2,1H3. The van der Waals surface area contributed by atoms with Crippen LogP contribution in [0.25, 0.3) is 0 Å². The van der Waals surface area contributed by atoms with Gasteiger partial charge in [0, 0.05) is 38.3 Å². The Bertz CT molecular complexity index is 323. The molecule has 1 N–H and O–H groups in total. The van der Waals surface area contributed by atoms with E-state index < -0.39 is 0 Å². The molecule has 2 unspecified atom stereocenters. The van der Waals surface area contributed by atoms with Crippen molar-refractivity contribution >= 4 is 5.91 Å². The summed E-state index contributed by atoms with van der Waals surface area (Å²) < 4.78 is 0. The Morgan fingerprint density at radius 1 is 1.11 bits per heavy atom. The maximum Gasteiger partial charge on any atom is 0.239 e. The molecule has 2 saturated heterocycles. The van der Waals surface area contributed by atoms with Crippen molar-refractivity contribution in [3.05, 3.63) is 0 Å². The summed E-state index contributed by atoms with van der Waals surface area (Å²) in [5, 5.41) is 3.56. The second-order valence-corrected chi connectivity index (χ2v) is 6.49.